The van der Waals surface area contributed by atoms with Gasteiger partial charge in [-0.1, -0.05) is 25.5 Å². The third-order valence-electron chi connectivity index (χ3n) is 3.28. The number of carbonyl (C=O) groups excluding carboxylic acids is 1. The highest BCUT2D eigenvalue weighted by atomic mass is 16.1. The molecule has 0 spiro atoms. The summed E-state index contributed by atoms with van der Waals surface area (Å²) in [7, 11) is 0. The largest absolute Gasteiger partial charge is 0.305 e. The smallest absolute Gasteiger partial charge is 0.257 e. The van der Waals surface area contributed by atoms with Crippen LogP contribution in [0.3, 0.4) is 0 Å². The second-order valence-electron chi connectivity index (χ2n) is 4.86. The fourth-order valence-corrected chi connectivity index (χ4v) is 2.31. The average molecular weight is 280 g/mol. The Morgan fingerprint density at radius 2 is 2.19 bits per heavy atom. The van der Waals surface area contributed by atoms with Gasteiger partial charge in [0.1, 0.15) is 0 Å². The molecule has 0 aliphatic heterocycles. The first-order chi connectivity index (χ1) is 10.3. The van der Waals surface area contributed by atoms with Crippen molar-refractivity contribution in [3.8, 4) is 0 Å². The van der Waals surface area contributed by atoms with Crippen LogP contribution in [0.2, 0.25) is 0 Å². The molecule has 0 saturated heterocycles. The molecule has 21 heavy (non-hydrogen) atoms. The zero-order chi connectivity index (χ0) is 14.7. The molecule has 2 N–H and O–H groups in total. The Bertz CT molecular complexity index is 773. The molecule has 0 aliphatic carbocycles. The summed E-state index contributed by atoms with van der Waals surface area (Å²) in [6.07, 6.45) is 3.67. The second kappa shape index (κ2) is 5.75. The zero-order valence-corrected chi connectivity index (χ0v) is 11.8. The number of nitrogens with zero attached hydrogens (tertiary/aromatic N) is 2. The number of H-pyrrole nitrogens is 1. The first kappa shape index (κ1) is 13.3. The number of hydrogen-bond acceptors (Lipinski definition) is 3. The Morgan fingerprint density at radius 1 is 1.29 bits per heavy atom. The highest BCUT2D eigenvalue weighted by Crippen LogP contribution is 2.18. The van der Waals surface area contributed by atoms with Crippen LogP contribution in [0, 0.1) is 0 Å². The summed E-state index contributed by atoms with van der Waals surface area (Å²) in [5.41, 5.74) is 2.42. The number of aryl methyl sites for hydroxylation is 1. The SMILES string of the molecule is CCCc1cc(NC(=O)c2cccc3ncccc23)n[nH]1. The van der Waals surface area contributed by atoms with Gasteiger partial charge in [0.25, 0.3) is 5.91 Å². The van der Waals surface area contributed by atoms with E-state index in [1.54, 1.807) is 12.3 Å². The van der Waals surface area contributed by atoms with Gasteiger partial charge in [-0.25, -0.2) is 0 Å². The van der Waals surface area contributed by atoms with E-state index in [4.69, 9.17) is 0 Å². The molecule has 2 aromatic heterocycles. The van der Waals surface area contributed by atoms with Crippen LogP contribution < -0.4 is 5.32 Å². The average Bonchev–Trinajstić information content (AvgIpc) is 2.94. The molecule has 3 aromatic rings. The van der Waals surface area contributed by atoms with E-state index in [0.717, 1.165) is 29.4 Å². The van der Waals surface area contributed by atoms with E-state index in [9.17, 15) is 4.79 Å². The third kappa shape index (κ3) is 2.76. The molecule has 0 aliphatic rings. The predicted molar refractivity (Wildman–Crippen MR) is 82.3 cm³/mol. The number of pyridine rings is 1. The second-order valence-corrected chi connectivity index (χ2v) is 4.86. The van der Waals surface area contributed by atoms with Gasteiger partial charge in [-0.3, -0.25) is 14.9 Å². The Balaban J connectivity index is 1.86. The molecule has 5 heteroatoms. The molecular weight excluding hydrogens is 264 g/mol. The van der Waals surface area contributed by atoms with Crippen molar-refractivity contribution >= 4 is 22.6 Å². The topological polar surface area (TPSA) is 70.7 Å². The molecule has 1 amide bonds. The summed E-state index contributed by atoms with van der Waals surface area (Å²) in [6, 6.07) is 11.1. The van der Waals surface area contributed by atoms with Gasteiger partial charge in [-0.2, -0.15) is 5.10 Å². The van der Waals surface area contributed by atoms with Crippen LogP contribution in [-0.2, 0) is 6.42 Å². The fraction of sp³-hybridized carbons (Fsp3) is 0.188. The minimum absolute atomic E-state index is 0.178. The number of rotatable bonds is 4. The molecule has 5 nitrogen and oxygen atoms in total. The van der Waals surface area contributed by atoms with Crippen molar-refractivity contribution in [3.63, 3.8) is 0 Å². The van der Waals surface area contributed by atoms with Gasteiger partial charge in [0.15, 0.2) is 5.82 Å². The molecule has 2 heterocycles. The Morgan fingerprint density at radius 3 is 3.05 bits per heavy atom. The normalized spacial score (nSPS) is 10.7. The van der Waals surface area contributed by atoms with Gasteiger partial charge in [0, 0.05) is 28.9 Å². The lowest BCUT2D eigenvalue weighted by Gasteiger charge is -2.05. The molecule has 0 radical (unpaired) electrons. The van der Waals surface area contributed by atoms with Crippen LogP contribution in [-0.4, -0.2) is 21.1 Å². The quantitative estimate of drug-likeness (QED) is 0.771. The number of carbonyl (C=O) groups is 1. The van der Waals surface area contributed by atoms with E-state index in [0.29, 0.717) is 11.4 Å². The summed E-state index contributed by atoms with van der Waals surface area (Å²) in [6.45, 7) is 2.10. The number of anilines is 1. The van der Waals surface area contributed by atoms with Crippen molar-refractivity contribution in [1.29, 1.82) is 0 Å². The van der Waals surface area contributed by atoms with Crippen molar-refractivity contribution in [1.82, 2.24) is 15.2 Å². The van der Waals surface area contributed by atoms with Crippen LogP contribution >= 0.6 is 0 Å². The number of hydrogen-bond donors (Lipinski definition) is 2. The maximum Gasteiger partial charge on any atom is 0.257 e. The number of amides is 1. The van der Waals surface area contributed by atoms with Crippen LogP contribution in [0.15, 0.2) is 42.6 Å². The number of aromatic amines is 1. The van der Waals surface area contributed by atoms with Gasteiger partial charge in [0.05, 0.1) is 5.52 Å². The van der Waals surface area contributed by atoms with Crippen molar-refractivity contribution in [2.24, 2.45) is 0 Å². The standard InChI is InChI=1S/C16H16N4O/c1-2-5-11-10-15(20-19-11)18-16(21)13-6-3-8-14-12(13)7-4-9-17-14/h3-4,6-10H,2,5H2,1H3,(H2,18,19,20,21). The van der Waals surface area contributed by atoms with E-state index in [1.165, 1.54) is 0 Å². The molecule has 0 saturated carbocycles. The molecular formula is C16H16N4O. The van der Waals surface area contributed by atoms with Crippen molar-refractivity contribution in [3.05, 3.63) is 53.9 Å². The molecule has 1 aromatic carbocycles. The van der Waals surface area contributed by atoms with Crippen LogP contribution in [0.1, 0.15) is 29.4 Å². The van der Waals surface area contributed by atoms with Gasteiger partial charge in [0.2, 0.25) is 0 Å². The van der Waals surface area contributed by atoms with Crippen molar-refractivity contribution in [2.75, 3.05) is 5.32 Å². The Hall–Kier alpha value is -2.69. The first-order valence-corrected chi connectivity index (χ1v) is 6.97. The minimum atomic E-state index is -0.178. The molecule has 3 rings (SSSR count). The maximum absolute atomic E-state index is 12.4. The summed E-state index contributed by atoms with van der Waals surface area (Å²) in [5, 5.41) is 10.7. The minimum Gasteiger partial charge on any atom is -0.305 e. The van der Waals surface area contributed by atoms with E-state index in [1.807, 2.05) is 30.3 Å². The van der Waals surface area contributed by atoms with E-state index < -0.39 is 0 Å². The van der Waals surface area contributed by atoms with Gasteiger partial charge in [-0.05, 0) is 24.6 Å². The maximum atomic E-state index is 12.4. The van der Waals surface area contributed by atoms with Crippen molar-refractivity contribution in [2.45, 2.75) is 19.8 Å². The Labute approximate surface area is 122 Å². The number of nitrogens with one attached hydrogen (secondary N) is 2. The summed E-state index contributed by atoms with van der Waals surface area (Å²) >= 11 is 0. The summed E-state index contributed by atoms with van der Waals surface area (Å²) in [5.74, 6) is 0.368. The molecule has 0 unspecified atom stereocenters. The first-order valence-electron chi connectivity index (χ1n) is 6.97. The molecule has 0 atom stereocenters. The van der Waals surface area contributed by atoms with Gasteiger partial charge in [-0.15, -0.1) is 0 Å². The molecule has 0 bridgehead atoms. The number of aromatic nitrogens is 3. The van der Waals surface area contributed by atoms with E-state index in [-0.39, 0.29) is 5.91 Å². The zero-order valence-electron chi connectivity index (χ0n) is 11.8. The Kier molecular flexibility index (Phi) is 3.64. The summed E-state index contributed by atoms with van der Waals surface area (Å²) in [4.78, 5) is 16.7. The van der Waals surface area contributed by atoms with E-state index >= 15 is 0 Å². The van der Waals surface area contributed by atoms with E-state index in [2.05, 4.69) is 27.4 Å². The van der Waals surface area contributed by atoms with Gasteiger partial charge < -0.3 is 5.32 Å². The third-order valence-corrected chi connectivity index (χ3v) is 3.28. The lowest BCUT2D eigenvalue weighted by Crippen LogP contribution is -2.12. The van der Waals surface area contributed by atoms with Crippen LogP contribution in [0.25, 0.3) is 10.9 Å². The fourth-order valence-electron chi connectivity index (χ4n) is 2.31. The van der Waals surface area contributed by atoms with Crippen molar-refractivity contribution < 1.29 is 4.79 Å². The molecule has 0 fully saturated rings. The number of fused-ring (bicyclic) bond motifs is 1. The highest BCUT2D eigenvalue weighted by molar-refractivity contribution is 6.12. The molecule has 106 valence electrons. The van der Waals surface area contributed by atoms with Crippen LogP contribution in [0.4, 0.5) is 5.82 Å². The highest BCUT2D eigenvalue weighted by Gasteiger charge is 2.11. The lowest BCUT2D eigenvalue weighted by atomic mass is 10.1. The predicted octanol–water partition coefficient (Wildman–Crippen LogP) is 3.16. The van der Waals surface area contributed by atoms with Gasteiger partial charge >= 0.3 is 0 Å². The van der Waals surface area contributed by atoms with Crippen LogP contribution in [0.5, 0.6) is 0 Å². The number of benzene rings is 1. The monoisotopic (exact) mass is 280 g/mol. The summed E-state index contributed by atoms with van der Waals surface area (Å²) < 4.78 is 0. The lowest BCUT2D eigenvalue weighted by molar-refractivity contribution is 0.102.